The third-order valence-electron chi connectivity index (χ3n) is 9.49. The van der Waals surface area contributed by atoms with Gasteiger partial charge in [-0.25, -0.2) is 15.0 Å². The molecule has 3 heterocycles. The molecule has 2 aliphatic rings. The lowest BCUT2D eigenvalue weighted by Gasteiger charge is -2.39. The van der Waals surface area contributed by atoms with Crippen LogP contribution in [0.25, 0.3) is 56.3 Å². The van der Waals surface area contributed by atoms with E-state index in [4.69, 9.17) is 24.1 Å². The Morgan fingerprint density at radius 2 is 0.979 bits per heavy atom. The summed E-state index contributed by atoms with van der Waals surface area (Å²) >= 11 is 0. The highest BCUT2D eigenvalue weighted by atomic mass is 16.5. The van der Waals surface area contributed by atoms with Gasteiger partial charge < -0.3 is 9.15 Å². The molecule has 0 amide bonds. The highest BCUT2D eigenvalue weighted by Crippen LogP contribution is 2.64. The Morgan fingerprint density at radius 1 is 0.447 bits per heavy atom. The smallest absolute Gasteiger partial charge is 0.165 e. The van der Waals surface area contributed by atoms with E-state index in [1.165, 1.54) is 5.56 Å². The van der Waals surface area contributed by atoms with Crippen molar-refractivity contribution in [3.63, 3.8) is 0 Å². The van der Waals surface area contributed by atoms with Gasteiger partial charge in [-0.05, 0) is 46.5 Å². The zero-order chi connectivity index (χ0) is 31.0. The van der Waals surface area contributed by atoms with Crippen molar-refractivity contribution in [1.82, 2.24) is 15.0 Å². The summed E-state index contributed by atoms with van der Waals surface area (Å²) in [6.07, 6.45) is 1.76. The molecule has 2 aromatic heterocycles. The first-order valence-electron chi connectivity index (χ1n) is 15.7. The number of aromatic nitrogens is 3. The Kier molecular flexibility index (Phi) is 5.43. The molecule has 1 aliphatic carbocycles. The summed E-state index contributed by atoms with van der Waals surface area (Å²) in [5, 5.41) is 0.952. The lowest BCUT2D eigenvalue weighted by molar-refractivity contribution is 0.436. The van der Waals surface area contributed by atoms with Crippen molar-refractivity contribution >= 4 is 11.0 Å². The van der Waals surface area contributed by atoms with E-state index in [-0.39, 0.29) is 0 Å². The molecule has 1 spiro atoms. The monoisotopic (exact) mass is 603 g/mol. The van der Waals surface area contributed by atoms with Crippen LogP contribution < -0.4 is 4.74 Å². The Labute approximate surface area is 270 Å². The molecule has 0 unspecified atom stereocenters. The molecular formula is C42H25N3O2. The molecule has 5 heteroatoms. The summed E-state index contributed by atoms with van der Waals surface area (Å²) < 4.78 is 12.8. The molecule has 0 fully saturated rings. The van der Waals surface area contributed by atoms with E-state index in [1.54, 1.807) is 6.26 Å². The lowest BCUT2D eigenvalue weighted by Crippen LogP contribution is -2.32. The van der Waals surface area contributed by atoms with Crippen molar-refractivity contribution in [2.75, 3.05) is 0 Å². The van der Waals surface area contributed by atoms with E-state index in [0.717, 1.165) is 67.0 Å². The molecule has 0 saturated heterocycles. The molecule has 0 bridgehead atoms. The van der Waals surface area contributed by atoms with Gasteiger partial charge >= 0.3 is 0 Å². The fourth-order valence-corrected chi connectivity index (χ4v) is 7.59. The van der Waals surface area contributed by atoms with Gasteiger partial charge in [-0.3, -0.25) is 0 Å². The number of nitrogens with zero attached hydrogens (tertiary/aromatic N) is 3. The summed E-state index contributed by atoms with van der Waals surface area (Å²) in [6, 6.07) is 49.9. The number of furan rings is 1. The van der Waals surface area contributed by atoms with Gasteiger partial charge in [-0.2, -0.15) is 0 Å². The van der Waals surface area contributed by atoms with E-state index in [9.17, 15) is 0 Å². The van der Waals surface area contributed by atoms with Crippen LogP contribution in [-0.2, 0) is 5.41 Å². The minimum absolute atomic E-state index is 0.599. The van der Waals surface area contributed by atoms with Crippen molar-refractivity contribution in [1.29, 1.82) is 0 Å². The number of hydrogen-bond acceptors (Lipinski definition) is 5. The predicted octanol–water partition coefficient (Wildman–Crippen LogP) is 10.1. The van der Waals surface area contributed by atoms with Gasteiger partial charge in [0.2, 0.25) is 0 Å². The van der Waals surface area contributed by atoms with Gasteiger partial charge in [-0.1, -0.05) is 121 Å². The number of rotatable bonds is 3. The van der Waals surface area contributed by atoms with Gasteiger partial charge in [0.05, 0.1) is 11.7 Å². The van der Waals surface area contributed by atoms with Crippen molar-refractivity contribution < 1.29 is 9.15 Å². The van der Waals surface area contributed by atoms with Crippen LogP contribution in [0.1, 0.15) is 22.3 Å². The minimum atomic E-state index is -0.648. The lowest BCUT2D eigenvalue weighted by atomic mass is 9.66. The second kappa shape index (κ2) is 9.83. The largest absolute Gasteiger partial charge is 0.464 e. The Morgan fingerprint density at radius 3 is 1.62 bits per heavy atom. The van der Waals surface area contributed by atoms with Crippen LogP contribution in [0.15, 0.2) is 156 Å². The van der Waals surface area contributed by atoms with Crippen molar-refractivity contribution in [3.05, 3.63) is 174 Å². The first-order chi connectivity index (χ1) is 23.3. The van der Waals surface area contributed by atoms with Gasteiger partial charge in [0.25, 0.3) is 0 Å². The van der Waals surface area contributed by atoms with Gasteiger partial charge in [0.1, 0.15) is 17.1 Å². The first kappa shape index (κ1) is 25.9. The molecule has 8 aromatic rings. The quantitative estimate of drug-likeness (QED) is 0.201. The molecule has 6 aromatic carbocycles. The van der Waals surface area contributed by atoms with Gasteiger partial charge in [0.15, 0.2) is 17.5 Å². The molecule has 47 heavy (non-hydrogen) atoms. The maximum Gasteiger partial charge on any atom is 0.165 e. The molecular weight excluding hydrogens is 578 g/mol. The van der Waals surface area contributed by atoms with Gasteiger partial charge in [0, 0.05) is 33.2 Å². The third-order valence-corrected chi connectivity index (χ3v) is 9.49. The van der Waals surface area contributed by atoms with E-state index >= 15 is 0 Å². The summed E-state index contributed by atoms with van der Waals surface area (Å²) in [7, 11) is 0. The average molecular weight is 604 g/mol. The predicted molar refractivity (Wildman–Crippen MR) is 183 cm³/mol. The fraction of sp³-hybridized carbons (Fsp3) is 0.0238. The van der Waals surface area contributed by atoms with Crippen LogP contribution in [0.3, 0.4) is 0 Å². The molecule has 5 nitrogen and oxygen atoms in total. The molecule has 0 radical (unpaired) electrons. The van der Waals surface area contributed by atoms with Crippen molar-refractivity contribution in [3.8, 4) is 56.8 Å². The number of fused-ring (bicyclic) bond motifs is 10. The summed E-state index contributed by atoms with van der Waals surface area (Å²) in [6.45, 7) is 0. The van der Waals surface area contributed by atoms with E-state index < -0.39 is 5.41 Å². The second-order valence-electron chi connectivity index (χ2n) is 11.9. The van der Waals surface area contributed by atoms with Crippen molar-refractivity contribution in [2.24, 2.45) is 0 Å². The third kappa shape index (κ3) is 3.62. The second-order valence-corrected chi connectivity index (χ2v) is 11.9. The van der Waals surface area contributed by atoms with E-state index in [0.29, 0.717) is 17.5 Å². The highest BCUT2D eigenvalue weighted by Gasteiger charge is 2.52. The fourth-order valence-electron chi connectivity index (χ4n) is 7.59. The van der Waals surface area contributed by atoms with Crippen LogP contribution in [0, 0.1) is 0 Å². The number of hydrogen-bond donors (Lipinski definition) is 0. The Hall–Kier alpha value is -6.33. The van der Waals surface area contributed by atoms with Crippen LogP contribution in [0.4, 0.5) is 0 Å². The number of benzene rings is 6. The van der Waals surface area contributed by atoms with Crippen molar-refractivity contribution in [2.45, 2.75) is 5.41 Å². The van der Waals surface area contributed by atoms with Crippen LogP contribution in [0.5, 0.6) is 11.5 Å². The topological polar surface area (TPSA) is 61.0 Å². The molecule has 10 rings (SSSR count). The SMILES string of the molecule is c1ccc(-c2nc(-c3ccccc3)nc(-c3c4c(cc5occc35)C3(c5ccccc5Oc5ccccc53)c3ccccc3-4)n2)cc1. The molecule has 0 N–H and O–H groups in total. The van der Waals surface area contributed by atoms with Crippen LogP contribution in [-0.4, -0.2) is 15.0 Å². The Bertz CT molecular complexity index is 2400. The zero-order valence-electron chi connectivity index (χ0n) is 25.1. The van der Waals surface area contributed by atoms with Gasteiger partial charge in [-0.15, -0.1) is 0 Å². The van der Waals surface area contributed by atoms with E-state index in [1.807, 2.05) is 78.9 Å². The number of ether oxygens (including phenoxy) is 1. The maximum atomic E-state index is 6.55. The van der Waals surface area contributed by atoms with Crippen LogP contribution >= 0.6 is 0 Å². The minimum Gasteiger partial charge on any atom is -0.464 e. The normalized spacial score (nSPS) is 13.4. The maximum absolute atomic E-state index is 6.55. The molecule has 1 aliphatic heterocycles. The Balaban J connectivity index is 1.36. The molecule has 0 saturated carbocycles. The average Bonchev–Trinajstić information content (AvgIpc) is 3.73. The standard InChI is InChI=1S/C42H25N3O2/c1-3-13-26(14-4-1)39-43-40(27-15-5-2-6-16-27)45-41(44-39)38-29-23-24-46-36(29)25-33-37(38)28-17-7-8-18-30(28)42(33)31-19-9-11-21-34(31)47-35-22-12-10-20-32(35)42/h1-25H. The summed E-state index contributed by atoms with van der Waals surface area (Å²) in [4.78, 5) is 15.4. The summed E-state index contributed by atoms with van der Waals surface area (Å²) in [5.41, 5.74) is 9.60. The first-order valence-corrected chi connectivity index (χ1v) is 15.7. The molecule has 0 atom stereocenters. The number of para-hydroxylation sites is 2. The van der Waals surface area contributed by atoms with Crippen LogP contribution in [0.2, 0.25) is 0 Å². The molecule has 220 valence electrons. The summed E-state index contributed by atoms with van der Waals surface area (Å²) in [5.74, 6) is 3.51. The van der Waals surface area contributed by atoms with E-state index in [2.05, 4.69) is 66.7 Å². The zero-order valence-corrected chi connectivity index (χ0v) is 25.1. The highest BCUT2D eigenvalue weighted by molar-refractivity contribution is 6.07.